The van der Waals surface area contributed by atoms with Gasteiger partial charge in [0.05, 0.1) is 9.79 Å². The number of nitrogens with one attached hydrogen (secondary N) is 1. The van der Waals surface area contributed by atoms with Gasteiger partial charge in [-0.3, -0.25) is 0 Å². The number of sulfonamides is 2. The molecule has 1 N–H and O–H groups in total. The van der Waals surface area contributed by atoms with Gasteiger partial charge >= 0.3 is 0 Å². The molecule has 0 spiro atoms. The van der Waals surface area contributed by atoms with Crippen LogP contribution in [0.5, 0.6) is 0 Å². The fourth-order valence-corrected chi connectivity index (χ4v) is 7.36. The van der Waals surface area contributed by atoms with Crippen molar-refractivity contribution < 1.29 is 16.8 Å². The van der Waals surface area contributed by atoms with E-state index in [1.165, 1.54) is 35.0 Å². The molecule has 1 heterocycles. The van der Waals surface area contributed by atoms with Crippen molar-refractivity contribution in [3.8, 4) is 0 Å². The maximum Gasteiger partial charge on any atom is 0.243 e. The minimum Gasteiger partial charge on any atom is -0.208 e. The average molecular weight is 385 g/mol. The van der Waals surface area contributed by atoms with Crippen molar-refractivity contribution in [1.82, 2.24) is 9.03 Å². The second kappa shape index (κ2) is 6.33. The van der Waals surface area contributed by atoms with E-state index in [2.05, 4.69) is 4.72 Å². The number of hydrogen-bond acceptors (Lipinski definition) is 4. The minimum absolute atomic E-state index is 0.0248. The fraction of sp³-hybridized carbons (Fsp3) is 0.647. The molecular weight excluding hydrogens is 360 g/mol. The van der Waals surface area contributed by atoms with Crippen LogP contribution in [-0.4, -0.2) is 40.3 Å². The van der Waals surface area contributed by atoms with Gasteiger partial charge in [-0.1, -0.05) is 6.42 Å². The van der Waals surface area contributed by atoms with E-state index in [9.17, 15) is 16.8 Å². The van der Waals surface area contributed by atoms with Gasteiger partial charge in [-0.05, 0) is 68.2 Å². The van der Waals surface area contributed by atoms with Gasteiger partial charge in [-0.25, -0.2) is 21.6 Å². The standard InChI is InChI=1S/C17H24N2O4S2/c20-24(21,18-17-12-13-3-4-14(17)11-13)15-5-7-16(8-6-15)25(22,23)19-9-1-2-10-19/h5-8,13-14,17-18H,1-4,9-12H2/t13-,14+,17+/m0/s1. The number of fused-ring (bicyclic) bond motifs is 2. The van der Waals surface area contributed by atoms with Crippen LogP contribution in [-0.2, 0) is 20.0 Å². The van der Waals surface area contributed by atoms with Gasteiger partial charge < -0.3 is 0 Å². The number of benzene rings is 1. The van der Waals surface area contributed by atoms with Crippen molar-refractivity contribution >= 4 is 20.0 Å². The Balaban J connectivity index is 1.51. The van der Waals surface area contributed by atoms with Crippen LogP contribution in [0.2, 0.25) is 0 Å². The Labute approximate surface area is 149 Å². The summed E-state index contributed by atoms with van der Waals surface area (Å²) in [6.07, 6.45) is 6.11. The second-order valence-corrected chi connectivity index (χ2v) is 11.1. The molecule has 0 radical (unpaired) electrons. The Kier molecular flexibility index (Phi) is 4.42. The SMILES string of the molecule is O=S(=O)(N[C@@H]1C[C@H]2CC[C@@H]1C2)c1ccc(S(=O)(=O)N2CCCC2)cc1. The Morgan fingerprint density at radius 3 is 2.08 bits per heavy atom. The van der Waals surface area contributed by atoms with Gasteiger partial charge in [0.15, 0.2) is 0 Å². The molecule has 2 bridgehead atoms. The minimum atomic E-state index is -3.61. The van der Waals surface area contributed by atoms with Gasteiger partial charge in [-0.15, -0.1) is 0 Å². The van der Waals surface area contributed by atoms with Gasteiger partial charge in [-0.2, -0.15) is 4.31 Å². The smallest absolute Gasteiger partial charge is 0.208 e. The summed E-state index contributed by atoms with van der Waals surface area (Å²) in [6, 6.07) is 5.64. The van der Waals surface area contributed by atoms with Crippen LogP contribution in [0.15, 0.2) is 34.1 Å². The molecule has 8 heteroatoms. The van der Waals surface area contributed by atoms with Gasteiger partial charge in [0.2, 0.25) is 20.0 Å². The molecule has 25 heavy (non-hydrogen) atoms. The van der Waals surface area contributed by atoms with E-state index in [1.54, 1.807) is 0 Å². The third-order valence-electron chi connectivity index (χ3n) is 5.88. The van der Waals surface area contributed by atoms with E-state index in [-0.39, 0.29) is 15.8 Å². The molecule has 1 aromatic carbocycles. The summed E-state index contributed by atoms with van der Waals surface area (Å²) < 4.78 is 54.6. The maximum atomic E-state index is 12.6. The Bertz CT molecular complexity index is 843. The van der Waals surface area contributed by atoms with Crippen molar-refractivity contribution in [2.75, 3.05) is 13.1 Å². The highest BCUT2D eigenvalue weighted by atomic mass is 32.2. The third-order valence-corrected chi connectivity index (χ3v) is 9.30. The molecule has 4 rings (SSSR count). The summed E-state index contributed by atoms with van der Waals surface area (Å²) in [5.74, 6) is 1.11. The normalized spacial score (nSPS) is 30.2. The van der Waals surface area contributed by atoms with E-state index in [1.807, 2.05) is 0 Å². The predicted molar refractivity (Wildman–Crippen MR) is 94.0 cm³/mol. The van der Waals surface area contributed by atoms with Gasteiger partial charge in [0.1, 0.15) is 0 Å². The summed E-state index contributed by atoms with van der Waals surface area (Å²) in [5.41, 5.74) is 0. The Morgan fingerprint density at radius 1 is 0.880 bits per heavy atom. The molecule has 3 atom stereocenters. The van der Waals surface area contributed by atoms with Crippen LogP contribution >= 0.6 is 0 Å². The summed E-state index contributed by atoms with van der Waals surface area (Å²) in [7, 11) is -7.12. The number of rotatable bonds is 5. The van der Waals surface area contributed by atoms with E-state index < -0.39 is 20.0 Å². The van der Waals surface area contributed by atoms with Crippen LogP contribution < -0.4 is 4.72 Å². The zero-order valence-corrected chi connectivity index (χ0v) is 15.7. The van der Waals surface area contributed by atoms with E-state index >= 15 is 0 Å². The van der Waals surface area contributed by atoms with Crippen molar-refractivity contribution in [2.24, 2.45) is 11.8 Å². The van der Waals surface area contributed by atoms with E-state index in [4.69, 9.17) is 0 Å². The quantitative estimate of drug-likeness (QED) is 0.841. The lowest BCUT2D eigenvalue weighted by Gasteiger charge is -2.22. The first-order chi connectivity index (χ1) is 11.9. The fourth-order valence-electron chi connectivity index (χ4n) is 4.52. The molecule has 1 aliphatic heterocycles. The Morgan fingerprint density at radius 2 is 1.52 bits per heavy atom. The summed E-state index contributed by atoms with van der Waals surface area (Å²) >= 11 is 0. The second-order valence-electron chi connectivity index (χ2n) is 7.49. The summed E-state index contributed by atoms with van der Waals surface area (Å²) in [4.78, 5) is 0.295. The lowest BCUT2D eigenvalue weighted by atomic mass is 9.96. The molecule has 0 unspecified atom stereocenters. The summed E-state index contributed by atoms with van der Waals surface area (Å²) in [5, 5.41) is 0. The highest BCUT2D eigenvalue weighted by Gasteiger charge is 2.41. The molecule has 138 valence electrons. The average Bonchev–Trinajstić information content (AvgIpc) is 3.32. The highest BCUT2D eigenvalue weighted by Crippen LogP contribution is 2.44. The molecule has 2 aliphatic carbocycles. The van der Waals surface area contributed by atoms with Crippen molar-refractivity contribution in [2.45, 2.75) is 54.4 Å². The van der Waals surface area contributed by atoms with Crippen LogP contribution in [0.3, 0.4) is 0 Å². The topological polar surface area (TPSA) is 83.5 Å². The zero-order valence-electron chi connectivity index (χ0n) is 14.1. The molecule has 0 aromatic heterocycles. The highest BCUT2D eigenvalue weighted by molar-refractivity contribution is 7.89. The molecule has 6 nitrogen and oxygen atoms in total. The first kappa shape index (κ1) is 17.5. The molecule has 2 saturated carbocycles. The van der Waals surface area contributed by atoms with Gasteiger partial charge in [0.25, 0.3) is 0 Å². The summed E-state index contributed by atoms with van der Waals surface area (Å²) in [6.45, 7) is 1.07. The largest absolute Gasteiger partial charge is 0.243 e. The third kappa shape index (κ3) is 3.25. The van der Waals surface area contributed by atoms with Crippen LogP contribution in [0.4, 0.5) is 0 Å². The molecule has 3 aliphatic rings. The lowest BCUT2D eigenvalue weighted by molar-refractivity contribution is 0.390. The number of hydrogen-bond donors (Lipinski definition) is 1. The van der Waals surface area contributed by atoms with Crippen molar-refractivity contribution in [1.29, 1.82) is 0 Å². The van der Waals surface area contributed by atoms with Crippen molar-refractivity contribution in [3.63, 3.8) is 0 Å². The predicted octanol–water partition coefficient (Wildman–Crippen LogP) is 1.94. The van der Waals surface area contributed by atoms with Gasteiger partial charge in [0, 0.05) is 19.1 Å². The molecule has 1 aromatic rings. The Hall–Kier alpha value is -0.960. The van der Waals surface area contributed by atoms with Crippen LogP contribution in [0, 0.1) is 11.8 Å². The maximum absolute atomic E-state index is 12.6. The number of nitrogens with zero attached hydrogens (tertiary/aromatic N) is 1. The zero-order chi connectivity index (χ0) is 17.7. The molecule has 1 saturated heterocycles. The first-order valence-electron chi connectivity index (χ1n) is 8.99. The molecular formula is C17H24N2O4S2. The van der Waals surface area contributed by atoms with E-state index in [0.717, 1.165) is 32.1 Å². The first-order valence-corrected chi connectivity index (χ1v) is 11.9. The molecule has 0 amide bonds. The van der Waals surface area contributed by atoms with Crippen molar-refractivity contribution in [3.05, 3.63) is 24.3 Å². The molecule has 3 fully saturated rings. The van der Waals surface area contributed by atoms with Crippen LogP contribution in [0.25, 0.3) is 0 Å². The lowest BCUT2D eigenvalue weighted by Crippen LogP contribution is -2.38. The van der Waals surface area contributed by atoms with E-state index in [0.29, 0.717) is 24.9 Å². The monoisotopic (exact) mass is 384 g/mol. The van der Waals surface area contributed by atoms with Crippen LogP contribution in [0.1, 0.15) is 38.5 Å².